The number of carboxylic acids is 1. The Labute approximate surface area is 151 Å². The Morgan fingerprint density at radius 1 is 1.31 bits per heavy atom. The average Bonchev–Trinajstić information content (AvgIpc) is 3.32. The van der Waals surface area contributed by atoms with Crippen molar-refractivity contribution in [2.24, 2.45) is 0 Å². The number of carbonyl (C=O) groups excluding carboxylic acids is 1. The molecule has 8 heteroatoms. The standard InChI is InChI=1S/C18H24N4O4/c1-3-12(4-2)15-9-16(26-20-15)17(23)21-7-5-14(6-8-21)22-11-13(10-19-22)18(24)25/h9-12,14H,3-8H2,1-2H3,(H,24,25). The minimum Gasteiger partial charge on any atom is -0.478 e. The van der Waals surface area contributed by atoms with Crippen molar-refractivity contribution in [3.8, 4) is 0 Å². The van der Waals surface area contributed by atoms with Crippen LogP contribution in [0.2, 0.25) is 0 Å². The Morgan fingerprint density at radius 2 is 2.00 bits per heavy atom. The summed E-state index contributed by atoms with van der Waals surface area (Å²) in [6.45, 7) is 5.35. The van der Waals surface area contributed by atoms with E-state index in [1.165, 1.54) is 6.20 Å². The molecule has 0 bridgehead atoms. The molecule has 140 valence electrons. The van der Waals surface area contributed by atoms with Gasteiger partial charge in [0.15, 0.2) is 0 Å². The first-order chi connectivity index (χ1) is 12.5. The Bertz CT molecular complexity index is 770. The summed E-state index contributed by atoms with van der Waals surface area (Å²) >= 11 is 0. The second kappa shape index (κ2) is 7.72. The second-order valence-corrected chi connectivity index (χ2v) is 6.67. The first-order valence-electron chi connectivity index (χ1n) is 9.06. The molecule has 1 fully saturated rings. The van der Waals surface area contributed by atoms with Gasteiger partial charge in [-0.25, -0.2) is 4.79 Å². The number of aromatic nitrogens is 3. The lowest BCUT2D eigenvalue weighted by Crippen LogP contribution is -2.39. The molecule has 0 saturated carbocycles. The Hall–Kier alpha value is -2.64. The van der Waals surface area contributed by atoms with Crippen molar-refractivity contribution in [3.05, 3.63) is 35.5 Å². The predicted octanol–water partition coefficient (Wildman–Crippen LogP) is 2.95. The van der Waals surface area contributed by atoms with Gasteiger partial charge in [0.25, 0.3) is 5.91 Å². The summed E-state index contributed by atoms with van der Waals surface area (Å²) in [5, 5.41) is 17.2. The molecule has 3 rings (SSSR count). The largest absolute Gasteiger partial charge is 0.478 e. The molecule has 0 atom stereocenters. The van der Waals surface area contributed by atoms with E-state index in [4.69, 9.17) is 9.63 Å². The first kappa shape index (κ1) is 18.2. The van der Waals surface area contributed by atoms with Crippen molar-refractivity contribution < 1.29 is 19.2 Å². The summed E-state index contributed by atoms with van der Waals surface area (Å²) < 4.78 is 6.97. The number of nitrogens with zero attached hydrogens (tertiary/aromatic N) is 4. The zero-order valence-corrected chi connectivity index (χ0v) is 15.1. The highest BCUT2D eigenvalue weighted by atomic mass is 16.5. The normalized spacial score (nSPS) is 15.6. The highest BCUT2D eigenvalue weighted by Crippen LogP contribution is 2.26. The zero-order valence-electron chi connectivity index (χ0n) is 15.1. The van der Waals surface area contributed by atoms with Gasteiger partial charge >= 0.3 is 5.97 Å². The second-order valence-electron chi connectivity index (χ2n) is 6.67. The molecule has 1 aliphatic heterocycles. The van der Waals surface area contributed by atoms with Crippen LogP contribution in [-0.2, 0) is 0 Å². The minimum absolute atomic E-state index is 0.0991. The third-order valence-corrected chi connectivity index (χ3v) is 5.12. The van der Waals surface area contributed by atoms with Gasteiger partial charge in [-0.2, -0.15) is 5.10 Å². The van der Waals surface area contributed by atoms with E-state index in [0.717, 1.165) is 31.4 Å². The van der Waals surface area contributed by atoms with Gasteiger partial charge in [-0.15, -0.1) is 0 Å². The van der Waals surface area contributed by atoms with Crippen LogP contribution >= 0.6 is 0 Å². The third-order valence-electron chi connectivity index (χ3n) is 5.12. The molecule has 0 spiro atoms. The van der Waals surface area contributed by atoms with E-state index >= 15 is 0 Å². The van der Waals surface area contributed by atoms with E-state index < -0.39 is 5.97 Å². The van der Waals surface area contributed by atoms with Crippen LogP contribution in [0.15, 0.2) is 23.0 Å². The number of carboxylic acid groups (broad SMARTS) is 1. The Balaban J connectivity index is 1.60. The molecule has 0 aromatic carbocycles. The molecule has 2 aromatic rings. The van der Waals surface area contributed by atoms with Crippen LogP contribution in [0.1, 0.15) is 78.1 Å². The van der Waals surface area contributed by atoms with Crippen LogP contribution in [0.3, 0.4) is 0 Å². The van der Waals surface area contributed by atoms with Crippen LogP contribution in [-0.4, -0.2) is 49.9 Å². The fourth-order valence-corrected chi connectivity index (χ4v) is 3.43. The number of rotatable bonds is 6. The smallest absolute Gasteiger partial charge is 0.338 e. The molecule has 26 heavy (non-hydrogen) atoms. The monoisotopic (exact) mass is 360 g/mol. The van der Waals surface area contributed by atoms with Crippen molar-refractivity contribution in [3.63, 3.8) is 0 Å². The van der Waals surface area contributed by atoms with E-state index in [1.54, 1.807) is 21.8 Å². The first-order valence-corrected chi connectivity index (χ1v) is 9.06. The molecular formula is C18H24N4O4. The molecule has 0 aliphatic carbocycles. The predicted molar refractivity (Wildman–Crippen MR) is 93.2 cm³/mol. The van der Waals surface area contributed by atoms with Crippen molar-refractivity contribution in [1.82, 2.24) is 19.8 Å². The number of likely N-dealkylation sites (tertiary alicyclic amines) is 1. The van der Waals surface area contributed by atoms with Gasteiger partial charge in [0.2, 0.25) is 5.76 Å². The molecule has 1 N–H and O–H groups in total. The summed E-state index contributed by atoms with van der Waals surface area (Å²) in [5.74, 6) is -0.519. The molecule has 0 radical (unpaired) electrons. The van der Waals surface area contributed by atoms with Gasteiger partial charge < -0.3 is 14.5 Å². The topological polar surface area (TPSA) is 101 Å². The van der Waals surface area contributed by atoms with Crippen LogP contribution in [0.25, 0.3) is 0 Å². The van der Waals surface area contributed by atoms with Gasteiger partial charge in [0.1, 0.15) is 0 Å². The molecule has 1 saturated heterocycles. The lowest BCUT2D eigenvalue weighted by Gasteiger charge is -2.31. The fraction of sp³-hybridized carbons (Fsp3) is 0.556. The highest BCUT2D eigenvalue weighted by molar-refractivity contribution is 5.91. The third kappa shape index (κ3) is 3.63. The number of piperidine rings is 1. The van der Waals surface area contributed by atoms with Crippen molar-refractivity contribution >= 4 is 11.9 Å². The number of carbonyl (C=O) groups is 2. The molecule has 3 heterocycles. The van der Waals surface area contributed by atoms with E-state index in [9.17, 15) is 9.59 Å². The van der Waals surface area contributed by atoms with E-state index in [2.05, 4.69) is 24.1 Å². The zero-order chi connectivity index (χ0) is 18.7. The molecule has 0 unspecified atom stereocenters. The maximum atomic E-state index is 12.6. The van der Waals surface area contributed by atoms with E-state index in [0.29, 0.717) is 19.0 Å². The number of amides is 1. The maximum Gasteiger partial charge on any atom is 0.338 e. The summed E-state index contributed by atoms with van der Waals surface area (Å²) in [5.41, 5.74) is 1.02. The molecule has 2 aromatic heterocycles. The highest BCUT2D eigenvalue weighted by Gasteiger charge is 2.28. The van der Waals surface area contributed by atoms with Crippen LogP contribution in [0, 0.1) is 0 Å². The van der Waals surface area contributed by atoms with E-state index in [-0.39, 0.29) is 23.3 Å². The van der Waals surface area contributed by atoms with Crippen LogP contribution in [0.4, 0.5) is 0 Å². The lowest BCUT2D eigenvalue weighted by atomic mass is 9.99. The fourth-order valence-electron chi connectivity index (χ4n) is 3.43. The SMILES string of the molecule is CCC(CC)c1cc(C(=O)N2CCC(n3cc(C(=O)O)cn3)CC2)on1. The molecule has 1 aliphatic rings. The van der Waals surface area contributed by atoms with Crippen LogP contribution in [0.5, 0.6) is 0 Å². The molecule has 1 amide bonds. The van der Waals surface area contributed by atoms with Crippen molar-refractivity contribution in [1.29, 1.82) is 0 Å². The van der Waals surface area contributed by atoms with Gasteiger partial charge in [-0.05, 0) is 25.7 Å². The summed E-state index contributed by atoms with van der Waals surface area (Å²) in [6, 6.07) is 1.86. The summed E-state index contributed by atoms with van der Waals surface area (Å²) in [4.78, 5) is 25.4. The van der Waals surface area contributed by atoms with E-state index in [1.807, 2.05) is 0 Å². The van der Waals surface area contributed by atoms with Gasteiger partial charge in [-0.1, -0.05) is 19.0 Å². The Morgan fingerprint density at radius 3 is 2.58 bits per heavy atom. The Kier molecular flexibility index (Phi) is 5.39. The van der Waals surface area contributed by atoms with Gasteiger partial charge in [0.05, 0.1) is 23.5 Å². The minimum atomic E-state index is -0.984. The number of aromatic carboxylic acids is 1. The average molecular weight is 360 g/mol. The van der Waals surface area contributed by atoms with Crippen LogP contribution < -0.4 is 0 Å². The molecular weight excluding hydrogens is 336 g/mol. The van der Waals surface area contributed by atoms with Gasteiger partial charge in [-0.3, -0.25) is 9.48 Å². The lowest BCUT2D eigenvalue weighted by molar-refractivity contribution is 0.0648. The van der Waals surface area contributed by atoms with Crippen molar-refractivity contribution in [2.45, 2.75) is 51.5 Å². The quantitative estimate of drug-likeness (QED) is 0.850. The number of hydrogen-bond donors (Lipinski definition) is 1. The summed E-state index contributed by atoms with van der Waals surface area (Å²) in [6.07, 6.45) is 6.27. The van der Waals surface area contributed by atoms with Gasteiger partial charge in [0, 0.05) is 31.3 Å². The molecule has 8 nitrogen and oxygen atoms in total. The summed E-state index contributed by atoms with van der Waals surface area (Å²) in [7, 11) is 0. The maximum absolute atomic E-state index is 12.6. The van der Waals surface area contributed by atoms with Crippen molar-refractivity contribution in [2.75, 3.05) is 13.1 Å². The number of hydrogen-bond acceptors (Lipinski definition) is 5.